The molecule has 1 unspecified atom stereocenters. The van der Waals surface area contributed by atoms with Crippen LogP contribution in [0.25, 0.3) is 33.0 Å². The number of imide groups is 1. The lowest BCUT2D eigenvalue weighted by Gasteiger charge is -2.31. The molecule has 0 saturated heterocycles. The third-order valence-electron chi connectivity index (χ3n) is 8.34. The maximum Gasteiger partial charge on any atom is 0.325 e. The highest BCUT2D eigenvalue weighted by atomic mass is 16.6. The normalized spacial score (nSPS) is 20.1. The van der Waals surface area contributed by atoms with Crippen molar-refractivity contribution in [2.24, 2.45) is 5.41 Å². The van der Waals surface area contributed by atoms with E-state index in [9.17, 15) is 14.4 Å². The summed E-state index contributed by atoms with van der Waals surface area (Å²) in [7, 11) is 0. The highest BCUT2D eigenvalue weighted by Crippen LogP contribution is 2.43. The molecule has 0 spiro atoms. The molecule has 8 nitrogen and oxygen atoms in total. The number of carbonyl (C=O) groups is 3. The van der Waals surface area contributed by atoms with Crippen molar-refractivity contribution in [3.05, 3.63) is 71.0 Å². The summed E-state index contributed by atoms with van der Waals surface area (Å²) in [5.74, 6) is -1.06. The molecule has 4 aromatic rings. The minimum Gasteiger partial charge on any atom is -0.459 e. The SMILES string of the molecule is CC1(C)Cc2cccc3c(C4=C(c5ccc6c7c5ccn7CC(C(=O)OC(C)(C)C)NC6)C(=O)NC4=O)cn(c23)C1. The second-order valence-electron chi connectivity index (χ2n) is 13.3. The number of ether oxygens (including phenoxy) is 1. The fourth-order valence-corrected chi connectivity index (χ4v) is 6.84. The number of hydrogen-bond acceptors (Lipinski definition) is 5. The number of para-hydroxylation sites is 1. The fraction of sp³-hybridized carbons (Fsp3) is 0.364. The van der Waals surface area contributed by atoms with Crippen LogP contribution in [-0.4, -0.2) is 38.6 Å². The molecule has 2 aromatic heterocycles. The number of nitrogens with one attached hydrogen (secondary N) is 2. The van der Waals surface area contributed by atoms with E-state index >= 15 is 0 Å². The number of nitrogens with zero attached hydrogens (tertiary/aromatic N) is 2. The van der Waals surface area contributed by atoms with E-state index in [1.54, 1.807) is 0 Å². The molecule has 2 amide bonds. The lowest BCUT2D eigenvalue weighted by Crippen LogP contribution is -2.42. The van der Waals surface area contributed by atoms with Crippen molar-refractivity contribution in [3.63, 3.8) is 0 Å². The van der Waals surface area contributed by atoms with Crippen LogP contribution in [0.2, 0.25) is 0 Å². The summed E-state index contributed by atoms with van der Waals surface area (Å²) in [5.41, 5.74) is 6.16. The largest absolute Gasteiger partial charge is 0.459 e. The first-order valence-electron chi connectivity index (χ1n) is 14.2. The second kappa shape index (κ2) is 8.66. The molecule has 2 aromatic carbocycles. The number of amides is 2. The lowest BCUT2D eigenvalue weighted by atomic mass is 9.82. The molecule has 0 aliphatic carbocycles. The molecule has 0 bridgehead atoms. The first-order valence-corrected chi connectivity index (χ1v) is 14.2. The Labute approximate surface area is 238 Å². The zero-order chi connectivity index (χ0) is 28.8. The van der Waals surface area contributed by atoms with Crippen LogP contribution in [0.3, 0.4) is 0 Å². The zero-order valence-corrected chi connectivity index (χ0v) is 24.1. The van der Waals surface area contributed by atoms with Gasteiger partial charge in [0.15, 0.2) is 0 Å². The number of benzene rings is 2. The lowest BCUT2D eigenvalue weighted by molar-refractivity contribution is -0.157. The summed E-state index contributed by atoms with van der Waals surface area (Å²) in [6.45, 7) is 11.8. The Hall–Kier alpha value is -4.17. The second-order valence-corrected chi connectivity index (χ2v) is 13.3. The van der Waals surface area contributed by atoms with Gasteiger partial charge >= 0.3 is 5.97 Å². The van der Waals surface area contributed by atoms with Crippen LogP contribution in [0.1, 0.15) is 56.9 Å². The van der Waals surface area contributed by atoms with Crippen LogP contribution in [0.15, 0.2) is 48.8 Å². The van der Waals surface area contributed by atoms with E-state index < -0.39 is 17.6 Å². The summed E-state index contributed by atoms with van der Waals surface area (Å²) in [4.78, 5) is 39.8. The van der Waals surface area contributed by atoms with Crippen LogP contribution in [-0.2, 0) is 45.2 Å². The Balaban J connectivity index is 1.38. The standard InChI is InChI=1S/C33H34N4O4/c1-32(2,3)41-31(40)24-16-36-12-11-22-20(10-9-19(14-34-24)28(22)36)25-26(30(39)35-29(25)38)23-15-37-17-33(4,5)13-18-7-6-8-21(23)27(18)37/h6-12,15,24,34H,13-14,16-17H2,1-5H3,(H,35,38,39). The Morgan fingerprint density at radius 2 is 1.63 bits per heavy atom. The highest BCUT2D eigenvalue weighted by Gasteiger charge is 2.37. The molecule has 7 rings (SSSR count). The summed E-state index contributed by atoms with van der Waals surface area (Å²) in [6.07, 6.45) is 4.95. The molecule has 210 valence electrons. The maximum atomic E-state index is 13.4. The van der Waals surface area contributed by atoms with Crippen LogP contribution in [0.4, 0.5) is 0 Å². The van der Waals surface area contributed by atoms with Crippen LogP contribution < -0.4 is 10.6 Å². The molecule has 1 atom stereocenters. The summed E-state index contributed by atoms with van der Waals surface area (Å²) in [6, 6.07) is 11.6. The van der Waals surface area contributed by atoms with Gasteiger partial charge in [-0.2, -0.15) is 0 Å². The Morgan fingerprint density at radius 1 is 0.927 bits per heavy atom. The van der Waals surface area contributed by atoms with Crippen LogP contribution >= 0.6 is 0 Å². The molecule has 3 aliphatic heterocycles. The van der Waals surface area contributed by atoms with Gasteiger partial charge in [0.2, 0.25) is 0 Å². The average molecular weight is 551 g/mol. The van der Waals surface area contributed by atoms with Crippen molar-refractivity contribution in [1.82, 2.24) is 19.8 Å². The summed E-state index contributed by atoms with van der Waals surface area (Å²) >= 11 is 0. The molecule has 0 fully saturated rings. The van der Waals surface area contributed by atoms with E-state index in [1.807, 2.05) is 68.1 Å². The van der Waals surface area contributed by atoms with Gasteiger partial charge in [0.1, 0.15) is 11.6 Å². The molecule has 0 radical (unpaired) electrons. The number of carbonyl (C=O) groups excluding carboxylic acids is 3. The minimum atomic E-state index is -0.582. The molecule has 41 heavy (non-hydrogen) atoms. The predicted molar refractivity (Wildman–Crippen MR) is 158 cm³/mol. The van der Waals surface area contributed by atoms with Gasteiger partial charge in [-0.3, -0.25) is 25.0 Å². The third-order valence-corrected chi connectivity index (χ3v) is 8.34. The van der Waals surface area contributed by atoms with E-state index in [0.717, 1.165) is 45.9 Å². The van der Waals surface area contributed by atoms with Crippen LogP contribution in [0.5, 0.6) is 0 Å². The maximum absolute atomic E-state index is 13.4. The first kappa shape index (κ1) is 25.8. The molecule has 3 aliphatic rings. The summed E-state index contributed by atoms with van der Waals surface area (Å²) in [5, 5.41) is 7.79. The first-order chi connectivity index (χ1) is 19.4. The van der Waals surface area contributed by atoms with E-state index in [4.69, 9.17) is 4.74 Å². The molecule has 0 saturated carbocycles. The average Bonchev–Trinajstić information content (AvgIpc) is 3.49. The van der Waals surface area contributed by atoms with Crippen molar-refractivity contribution in [2.45, 2.75) is 72.3 Å². The highest BCUT2D eigenvalue weighted by molar-refractivity contribution is 6.50. The van der Waals surface area contributed by atoms with Crippen molar-refractivity contribution in [2.75, 3.05) is 0 Å². The molecular weight excluding hydrogens is 516 g/mol. The van der Waals surface area contributed by atoms with Crippen LogP contribution in [0, 0.1) is 5.41 Å². The molecule has 2 N–H and O–H groups in total. The minimum absolute atomic E-state index is 0.0882. The number of rotatable bonds is 3. The van der Waals surface area contributed by atoms with Gasteiger partial charge in [-0.05, 0) is 55.4 Å². The topological polar surface area (TPSA) is 94.4 Å². The van der Waals surface area contributed by atoms with E-state index in [2.05, 4.69) is 35.1 Å². The van der Waals surface area contributed by atoms with Gasteiger partial charge in [0, 0.05) is 48.4 Å². The van der Waals surface area contributed by atoms with E-state index in [1.165, 1.54) is 5.56 Å². The smallest absolute Gasteiger partial charge is 0.325 e. The van der Waals surface area contributed by atoms with Gasteiger partial charge in [-0.15, -0.1) is 0 Å². The fourth-order valence-electron chi connectivity index (χ4n) is 6.84. The van der Waals surface area contributed by atoms with Crippen molar-refractivity contribution < 1.29 is 19.1 Å². The van der Waals surface area contributed by atoms with Gasteiger partial charge in [-0.25, -0.2) is 0 Å². The van der Waals surface area contributed by atoms with Gasteiger partial charge in [-0.1, -0.05) is 44.2 Å². The van der Waals surface area contributed by atoms with Crippen molar-refractivity contribution in [3.8, 4) is 0 Å². The number of esters is 1. The monoisotopic (exact) mass is 550 g/mol. The number of aromatic nitrogens is 2. The van der Waals surface area contributed by atoms with Crippen molar-refractivity contribution in [1.29, 1.82) is 0 Å². The Kier molecular flexibility index (Phi) is 5.45. The molecular formula is C33H34N4O4. The summed E-state index contributed by atoms with van der Waals surface area (Å²) < 4.78 is 9.94. The van der Waals surface area contributed by atoms with E-state index in [-0.39, 0.29) is 17.3 Å². The zero-order valence-electron chi connectivity index (χ0n) is 24.1. The van der Waals surface area contributed by atoms with E-state index in [0.29, 0.717) is 29.8 Å². The Bertz CT molecular complexity index is 1850. The third kappa shape index (κ3) is 4.11. The van der Waals surface area contributed by atoms with Gasteiger partial charge < -0.3 is 13.9 Å². The Morgan fingerprint density at radius 3 is 2.39 bits per heavy atom. The van der Waals surface area contributed by atoms with Gasteiger partial charge in [0.05, 0.1) is 22.2 Å². The molecule has 8 heteroatoms. The predicted octanol–water partition coefficient (Wildman–Crippen LogP) is 4.56. The molecule has 5 heterocycles. The van der Waals surface area contributed by atoms with Crippen molar-refractivity contribution >= 4 is 50.7 Å². The quantitative estimate of drug-likeness (QED) is 0.288. The van der Waals surface area contributed by atoms with Gasteiger partial charge in [0.25, 0.3) is 11.8 Å². The number of hydrogen-bond donors (Lipinski definition) is 2.